The number of hydrogen-bond acceptors (Lipinski definition) is 36. The van der Waals surface area contributed by atoms with Gasteiger partial charge in [-0.1, -0.05) is 0 Å². The van der Waals surface area contributed by atoms with Crippen LogP contribution in [-0.4, -0.2) is 260 Å². The summed E-state index contributed by atoms with van der Waals surface area (Å²) in [6.45, 7) is 27.4. The molecule has 0 bridgehead atoms. The van der Waals surface area contributed by atoms with Gasteiger partial charge in [0.25, 0.3) is 0 Å². The van der Waals surface area contributed by atoms with Crippen LogP contribution < -0.4 is 39.2 Å². The van der Waals surface area contributed by atoms with E-state index >= 15 is 0 Å². The van der Waals surface area contributed by atoms with Gasteiger partial charge in [-0.15, -0.1) is 86.1 Å². The third-order valence-corrected chi connectivity index (χ3v) is 28.3. The molecule has 0 saturated carbocycles. The number of ether oxygens (including phenoxy) is 4. The Morgan fingerprint density at radius 1 is 0.367 bits per heavy atom. The Kier molecular flexibility index (Phi) is 26.5. The Bertz CT molecular complexity index is 4990. The van der Waals surface area contributed by atoms with E-state index in [4.69, 9.17) is 18.9 Å². The minimum Gasteiger partial charge on any atom is -0.386 e. The number of aliphatic hydroxyl groups is 4. The monoisotopic (exact) mass is 1700 g/mol. The molecule has 8 aliphatic heterocycles. The van der Waals surface area contributed by atoms with E-state index in [2.05, 4.69) is 194 Å². The number of rotatable bonds is 16. The quantitative estimate of drug-likeness (QED) is 0.0698. The van der Waals surface area contributed by atoms with Crippen LogP contribution in [0.2, 0.25) is 0 Å². The van der Waals surface area contributed by atoms with Gasteiger partial charge in [-0.2, -0.15) is 0 Å². The van der Waals surface area contributed by atoms with Crippen LogP contribution in [0, 0.1) is 44.4 Å². The molecule has 8 atom stereocenters. The molecular formula is C84H104N24O8S4. The lowest BCUT2D eigenvalue weighted by atomic mass is 9.83. The molecule has 0 spiro atoms. The number of anilines is 8. The van der Waals surface area contributed by atoms with E-state index in [0.717, 1.165) is 329 Å². The van der Waals surface area contributed by atoms with Crippen LogP contribution in [-0.2, 0) is 24.5 Å². The zero-order chi connectivity index (χ0) is 82.1. The van der Waals surface area contributed by atoms with Crippen molar-refractivity contribution in [2.45, 2.75) is 103 Å². The van der Waals surface area contributed by atoms with Crippen molar-refractivity contribution in [3.8, 4) is 0 Å². The third kappa shape index (κ3) is 19.1. The van der Waals surface area contributed by atoms with Gasteiger partial charge >= 0.3 is 0 Å². The van der Waals surface area contributed by atoms with Crippen LogP contribution in [0.15, 0.2) is 101 Å². The Balaban J connectivity index is 0.000000114. The second-order valence-electron chi connectivity index (χ2n) is 32.3. The highest BCUT2D eigenvalue weighted by atomic mass is 32.1. The molecule has 0 amide bonds. The molecular weight excluding hydrogens is 1600 g/mol. The van der Waals surface area contributed by atoms with E-state index in [9.17, 15) is 20.4 Å². The molecule has 12 aromatic rings. The molecule has 120 heavy (non-hydrogen) atoms. The zero-order valence-electron chi connectivity index (χ0n) is 68.3. The van der Waals surface area contributed by atoms with Crippen molar-refractivity contribution in [3.63, 3.8) is 0 Å². The molecule has 20 rings (SSSR count). The Morgan fingerprint density at radius 3 is 0.933 bits per heavy atom. The molecule has 4 aromatic carbocycles. The molecule has 8 aromatic heterocycles. The molecule has 36 heteroatoms. The molecule has 32 nitrogen and oxygen atoms in total. The van der Waals surface area contributed by atoms with Crippen molar-refractivity contribution in [2.24, 2.45) is 23.7 Å². The van der Waals surface area contributed by atoms with Crippen molar-refractivity contribution in [1.29, 1.82) is 0 Å². The molecule has 0 unspecified atom stereocenters. The number of fused-ring (bicyclic) bond motifs is 4. The van der Waals surface area contributed by atoms with E-state index < -0.39 is 23.9 Å². The maximum atomic E-state index is 11.2. The Morgan fingerprint density at radius 2 is 0.658 bits per heavy atom. The van der Waals surface area contributed by atoms with Gasteiger partial charge in [-0.05, 0) is 173 Å². The number of benzene rings is 4. The second-order valence-corrected chi connectivity index (χ2v) is 35.9. The van der Waals surface area contributed by atoms with Crippen LogP contribution in [0.1, 0.15) is 114 Å². The first-order valence-electron chi connectivity index (χ1n) is 41.9. The normalized spacial score (nSPS) is 21.5. The number of hydrogen-bond donors (Lipinski definition) is 4. The minimum atomic E-state index is -0.952. The second kappa shape index (κ2) is 38.3. The van der Waals surface area contributed by atoms with Gasteiger partial charge in [-0.25, -0.2) is 19.9 Å². The van der Waals surface area contributed by atoms with E-state index in [1.54, 1.807) is 6.20 Å². The molecule has 4 N–H and O–H groups in total. The van der Waals surface area contributed by atoms with E-state index in [0.29, 0.717) is 6.54 Å². The molecule has 0 aliphatic carbocycles. The average molecular weight is 1710 g/mol. The van der Waals surface area contributed by atoms with E-state index in [1.807, 2.05) is 49.2 Å². The largest absolute Gasteiger partial charge is 0.386 e. The van der Waals surface area contributed by atoms with E-state index in [-0.39, 0.29) is 23.7 Å². The van der Waals surface area contributed by atoms with Crippen molar-refractivity contribution < 1.29 is 39.4 Å². The predicted octanol–water partition coefficient (Wildman–Crippen LogP) is 10.2. The Hall–Kier alpha value is -9.44. The number of morpholine rings is 4. The Labute approximate surface area is 712 Å². The van der Waals surface area contributed by atoms with Gasteiger partial charge in [0.15, 0.2) is 23.3 Å². The van der Waals surface area contributed by atoms with Crippen LogP contribution >= 0.6 is 45.3 Å². The first kappa shape index (κ1) is 82.9. The molecule has 8 saturated heterocycles. The van der Waals surface area contributed by atoms with Crippen molar-refractivity contribution in [3.05, 3.63) is 138 Å². The number of aryl methyl sites for hydroxylation is 3. The summed E-state index contributed by atoms with van der Waals surface area (Å²) in [5, 5.41) is 110. The fraction of sp³-hybridized carbons (Fsp3) is 0.524. The average Bonchev–Trinajstić information content (AvgIpc) is 1.83. The standard InChI is InChI=1S/4C21H26N6O2S/c1-21(28,20-22-6-12-30-20)15-3-2-7-27(14-15)19-17-5-4-16(13-18(17)23-25-24-19)26-8-10-29-11-9-26;3*1-14-13-30-21(22-14)19(28)15-3-2-6-27(12-15)20-17-5-4-16(11-18(17)23-25-24-20)26-7-9-29-10-8-26/h4-6,12-13,15,28H,2-3,7-11,14H2,1H3;3*4-5,11,13,15,19,28H,2-3,6-10,12H2,1H3/t15-,21+;2*15-,19+;15-,19-/m0101/s1. The summed E-state index contributed by atoms with van der Waals surface area (Å²) < 4.78 is 21.8. The molecule has 0 radical (unpaired) electrons. The number of aromatic nitrogens is 16. The lowest BCUT2D eigenvalue weighted by molar-refractivity contribution is -0.0119. The highest BCUT2D eigenvalue weighted by molar-refractivity contribution is 7.10. The minimum absolute atomic E-state index is 0.0787. The molecule has 8 fully saturated rings. The lowest BCUT2D eigenvalue weighted by Crippen LogP contribution is -2.45. The summed E-state index contributed by atoms with van der Waals surface area (Å²) in [6, 6.07) is 25.3. The summed E-state index contributed by atoms with van der Waals surface area (Å²) in [5.41, 5.74) is 9.89. The number of piperidine rings is 4. The first-order valence-corrected chi connectivity index (χ1v) is 45.5. The highest BCUT2D eigenvalue weighted by Gasteiger charge is 2.40. The number of nitrogens with zero attached hydrogens (tertiary/aromatic N) is 24. The van der Waals surface area contributed by atoms with Gasteiger partial charge in [0.05, 0.1) is 52.9 Å². The summed E-state index contributed by atoms with van der Waals surface area (Å²) in [6.07, 6.45) is 8.03. The molecule has 16 heterocycles. The fourth-order valence-electron chi connectivity index (χ4n) is 17.6. The highest BCUT2D eigenvalue weighted by Crippen LogP contribution is 2.42. The van der Waals surface area contributed by atoms with Gasteiger partial charge in [0.2, 0.25) is 0 Å². The van der Waals surface area contributed by atoms with Gasteiger partial charge < -0.3 is 78.6 Å². The third-order valence-electron chi connectivity index (χ3n) is 24.2. The zero-order valence-corrected chi connectivity index (χ0v) is 71.5. The smallest absolute Gasteiger partial charge is 0.162 e. The summed E-state index contributed by atoms with van der Waals surface area (Å²) in [7, 11) is 0. The van der Waals surface area contributed by atoms with Crippen LogP contribution in [0.4, 0.5) is 46.0 Å². The van der Waals surface area contributed by atoms with Crippen molar-refractivity contribution >= 4 is 135 Å². The van der Waals surface area contributed by atoms with Crippen LogP contribution in [0.3, 0.4) is 0 Å². The summed E-state index contributed by atoms with van der Waals surface area (Å²) in [5.74, 6) is 3.84. The number of aliphatic hydroxyl groups excluding tert-OH is 3. The van der Waals surface area contributed by atoms with Gasteiger partial charge in [-0.3, -0.25) is 0 Å². The SMILES string of the molecule is C[C@](O)(c1nccs1)[C@H]1CCCN(c2nnnc3cc(N4CCOCC4)ccc23)C1.Cc1csc([C@@H](O)[C@@H]2CCCN(c3nnnc4cc(N5CCOCC5)ccc34)C2)n1.Cc1csc([C@H](O)[C@@H]2CCCN(c3nnnc4cc(N5CCOCC5)ccc34)C2)n1.Cc1csc([C@H](O)[C@H]2CCCN(c3nnnc4cc(N5CCOCC5)ccc34)C2)n1. The van der Waals surface area contributed by atoms with Crippen LogP contribution in [0.25, 0.3) is 43.6 Å². The van der Waals surface area contributed by atoms with Crippen molar-refractivity contribution in [2.75, 3.05) is 197 Å². The van der Waals surface area contributed by atoms with Gasteiger partial charge in [0, 0.05) is 217 Å². The predicted molar refractivity (Wildman–Crippen MR) is 468 cm³/mol. The van der Waals surface area contributed by atoms with Gasteiger partial charge in [0.1, 0.15) is 66.0 Å². The fourth-order valence-corrected chi connectivity index (χ4v) is 21.0. The lowest BCUT2D eigenvalue weighted by Gasteiger charge is -2.40. The first-order chi connectivity index (χ1) is 58.7. The maximum Gasteiger partial charge on any atom is 0.162 e. The summed E-state index contributed by atoms with van der Waals surface area (Å²) >= 11 is 6.11. The van der Waals surface area contributed by atoms with E-state index in [1.165, 1.54) is 45.3 Å². The molecule has 8 aliphatic rings. The number of thiazole rings is 4. The summed E-state index contributed by atoms with van der Waals surface area (Å²) in [4.78, 5) is 36.0. The maximum absolute atomic E-state index is 11.2. The van der Waals surface area contributed by atoms with Crippen LogP contribution in [0.5, 0.6) is 0 Å². The topological polar surface area (TPSA) is 350 Å². The molecule has 632 valence electrons. The van der Waals surface area contributed by atoms with Crippen molar-refractivity contribution in [1.82, 2.24) is 81.6 Å².